The van der Waals surface area contributed by atoms with Crippen LogP contribution in [-0.4, -0.2) is 44.7 Å². The molecular formula is C18H24O5. The maximum absolute atomic E-state index is 10.9. The summed E-state index contributed by atoms with van der Waals surface area (Å²) in [4.78, 5) is 10.9. The lowest BCUT2D eigenvalue weighted by molar-refractivity contribution is -0.139. The Hall–Kier alpha value is -1.43. The van der Waals surface area contributed by atoms with Crippen LogP contribution >= 0.6 is 0 Å². The SMILES string of the molecule is O=C(O)CC1C(O)CC2C1C2[C@@H](O)[C@@H](O)CCc1ccccc1. The number of aliphatic carboxylic acids is 1. The van der Waals surface area contributed by atoms with E-state index < -0.39 is 24.3 Å². The second-order valence-corrected chi connectivity index (χ2v) is 6.97. The van der Waals surface area contributed by atoms with Crippen molar-refractivity contribution in [2.24, 2.45) is 23.7 Å². The summed E-state index contributed by atoms with van der Waals surface area (Å²) in [5.74, 6) is -1.11. The molecule has 0 radical (unpaired) electrons. The van der Waals surface area contributed by atoms with E-state index in [1.807, 2.05) is 30.3 Å². The van der Waals surface area contributed by atoms with Gasteiger partial charge in [-0.15, -0.1) is 0 Å². The largest absolute Gasteiger partial charge is 0.481 e. The van der Waals surface area contributed by atoms with E-state index in [1.165, 1.54) is 0 Å². The normalized spacial score (nSPS) is 34.7. The molecule has 1 aromatic rings. The van der Waals surface area contributed by atoms with E-state index in [9.17, 15) is 20.1 Å². The molecule has 2 aliphatic carbocycles. The van der Waals surface area contributed by atoms with Crippen molar-refractivity contribution < 1.29 is 25.2 Å². The fourth-order valence-electron chi connectivity index (χ4n) is 4.40. The Morgan fingerprint density at radius 2 is 1.91 bits per heavy atom. The molecule has 2 fully saturated rings. The number of carboxylic acid groups (broad SMARTS) is 1. The molecule has 5 nitrogen and oxygen atoms in total. The molecule has 0 bridgehead atoms. The van der Waals surface area contributed by atoms with Gasteiger partial charge in [0.2, 0.25) is 0 Å². The molecule has 1 aromatic carbocycles. The summed E-state index contributed by atoms with van der Waals surface area (Å²) in [6.07, 6.45) is -0.589. The third-order valence-corrected chi connectivity index (χ3v) is 5.57. The van der Waals surface area contributed by atoms with Crippen molar-refractivity contribution in [1.82, 2.24) is 0 Å². The molecule has 4 N–H and O–H groups in total. The predicted octanol–water partition coefficient (Wildman–Crippen LogP) is 1.06. The fraction of sp³-hybridized carbons (Fsp3) is 0.611. The molecule has 23 heavy (non-hydrogen) atoms. The summed E-state index contributed by atoms with van der Waals surface area (Å²) in [5.41, 5.74) is 1.12. The topological polar surface area (TPSA) is 98.0 Å². The lowest BCUT2D eigenvalue weighted by atomic mass is 9.90. The molecule has 0 saturated heterocycles. The smallest absolute Gasteiger partial charge is 0.303 e. The molecule has 0 aliphatic heterocycles. The van der Waals surface area contributed by atoms with Gasteiger partial charge in [0, 0.05) is 0 Å². The van der Waals surface area contributed by atoms with Gasteiger partial charge in [0.15, 0.2) is 0 Å². The van der Waals surface area contributed by atoms with Crippen molar-refractivity contribution in [3.63, 3.8) is 0 Å². The van der Waals surface area contributed by atoms with Gasteiger partial charge in [0.25, 0.3) is 0 Å². The van der Waals surface area contributed by atoms with Crippen molar-refractivity contribution >= 4 is 5.97 Å². The minimum absolute atomic E-state index is 0.0301. The van der Waals surface area contributed by atoms with Gasteiger partial charge in [-0.05, 0) is 48.5 Å². The van der Waals surface area contributed by atoms with Crippen LogP contribution in [0.2, 0.25) is 0 Å². The second-order valence-electron chi connectivity index (χ2n) is 6.97. The van der Waals surface area contributed by atoms with E-state index in [0.717, 1.165) is 5.56 Å². The van der Waals surface area contributed by atoms with E-state index in [4.69, 9.17) is 5.11 Å². The number of carbonyl (C=O) groups is 1. The molecule has 2 saturated carbocycles. The monoisotopic (exact) mass is 320 g/mol. The van der Waals surface area contributed by atoms with Crippen LogP contribution in [0.3, 0.4) is 0 Å². The van der Waals surface area contributed by atoms with E-state index in [1.54, 1.807) is 0 Å². The number of benzene rings is 1. The molecular weight excluding hydrogens is 296 g/mol. The van der Waals surface area contributed by atoms with E-state index >= 15 is 0 Å². The van der Waals surface area contributed by atoms with Gasteiger partial charge >= 0.3 is 5.97 Å². The van der Waals surface area contributed by atoms with Crippen LogP contribution in [0.4, 0.5) is 0 Å². The Bertz CT molecular complexity index is 546. The van der Waals surface area contributed by atoms with E-state index in [0.29, 0.717) is 19.3 Å². The highest BCUT2D eigenvalue weighted by atomic mass is 16.4. The van der Waals surface area contributed by atoms with Gasteiger partial charge in [-0.25, -0.2) is 0 Å². The number of rotatable bonds is 7. The Kier molecular flexibility index (Phi) is 4.71. The molecule has 3 rings (SSSR count). The molecule has 0 aromatic heterocycles. The minimum atomic E-state index is -0.917. The molecule has 5 unspecified atom stereocenters. The summed E-state index contributed by atoms with van der Waals surface area (Å²) in [6, 6.07) is 9.81. The molecule has 0 heterocycles. The van der Waals surface area contributed by atoms with Gasteiger partial charge in [-0.2, -0.15) is 0 Å². The van der Waals surface area contributed by atoms with Crippen LogP contribution in [0.25, 0.3) is 0 Å². The van der Waals surface area contributed by atoms with Gasteiger partial charge in [-0.1, -0.05) is 30.3 Å². The summed E-state index contributed by atoms with van der Waals surface area (Å²) in [6.45, 7) is 0. The number of fused-ring (bicyclic) bond motifs is 1. The highest BCUT2D eigenvalue weighted by Crippen LogP contribution is 2.63. The average molecular weight is 320 g/mol. The maximum atomic E-state index is 10.9. The van der Waals surface area contributed by atoms with E-state index in [2.05, 4.69) is 0 Å². The summed E-state index contributed by atoms with van der Waals surface area (Å²) in [7, 11) is 0. The Balaban J connectivity index is 1.53. The third kappa shape index (κ3) is 3.42. The van der Waals surface area contributed by atoms with Crippen molar-refractivity contribution in [3.8, 4) is 0 Å². The van der Waals surface area contributed by atoms with Crippen LogP contribution in [0.15, 0.2) is 30.3 Å². The fourth-order valence-corrected chi connectivity index (χ4v) is 4.40. The van der Waals surface area contributed by atoms with Crippen LogP contribution in [-0.2, 0) is 11.2 Å². The zero-order chi connectivity index (χ0) is 16.6. The number of hydrogen-bond acceptors (Lipinski definition) is 4. The van der Waals surface area contributed by atoms with Crippen molar-refractivity contribution in [2.75, 3.05) is 0 Å². The van der Waals surface area contributed by atoms with Gasteiger partial charge < -0.3 is 20.4 Å². The van der Waals surface area contributed by atoms with Gasteiger partial charge in [0.1, 0.15) is 0 Å². The highest BCUT2D eigenvalue weighted by Gasteiger charge is 2.64. The minimum Gasteiger partial charge on any atom is -0.481 e. The number of aliphatic hydroxyl groups is 3. The summed E-state index contributed by atoms with van der Waals surface area (Å²) >= 11 is 0. The lowest BCUT2D eigenvalue weighted by Gasteiger charge is -2.23. The zero-order valence-corrected chi connectivity index (χ0v) is 13.0. The van der Waals surface area contributed by atoms with E-state index in [-0.39, 0.29) is 30.1 Å². The van der Waals surface area contributed by atoms with Crippen molar-refractivity contribution in [1.29, 1.82) is 0 Å². The van der Waals surface area contributed by atoms with Crippen LogP contribution < -0.4 is 0 Å². The zero-order valence-electron chi connectivity index (χ0n) is 13.0. The first-order chi connectivity index (χ1) is 11.0. The van der Waals surface area contributed by atoms with Crippen LogP contribution in [0.1, 0.15) is 24.8 Å². The Labute approximate surface area is 135 Å². The number of aliphatic hydroxyl groups excluding tert-OH is 3. The Morgan fingerprint density at radius 3 is 2.57 bits per heavy atom. The van der Waals surface area contributed by atoms with Crippen LogP contribution in [0, 0.1) is 23.7 Å². The first kappa shape index (κ1) is 16.4. The molecule has 2 aliphatic rings. The van der Waals surface area contributed by atoms with Gasteiger partial charge in [0.05, 0.1) is 24.7 Å². The summed E-state index contributed by atoms with van der Waals surface area (Å²) in [5, 5.41) is 39.5. The van der Waals surface area contributed by atoms with Crippen LogP contribution in [0.5, 0.6) is 0 Å². The first-order valence-electron chi connectivity index (χ1n) is 8.29. The molecule has 0 spiro atoms. The average Bonchev–Trinajstić information content (AvgIpc) is 3.14. The summed E-state index contributed by atoms with van der Waals surface area (Å²) < 4.78 is 0. The maximum Gasteiger partial charge on any atom is 0.303 e. The molecule has 126 valence electrons. The van der Waals surface area contributed by atoms with Crippen molar-refractivity contribution in [3.05, 3.63) is 35.9 Å². The molecule has 0 amide bonds. The second kappa shape index (κ2) is 6.59. The Morgan fingerprint density at radius 1 is 1.22 bits per heavy atom. The standard InChI is InChI=1S/C18H24O5/c19-13(7-6-10-4-2-1-3-5-10)18(23)17-12-8-14(20)11(16(12)17)9-15(21)22/h1-5,11-14,16-20,23H,6-9H2,(H,21,22)/t11?,12?,13-,14?,16?,17?,18-/m0/s1. The first-order valence-corrected chi connectivity index (χ1v) is 8.29. The number of carboxylic acids is 1. The van der Waals surface area contributed by atoms with Crippen molar-refractivity contribution in [2.45, 2.75) is 44.0 Å². The number of hydrogen-bond donors (Lipinski definition) is 4. The molecule has 5 heteroatoms. The quantitative estimate of drug-likeness (QED) is 0.602. The highest BCUT2D eigenvalue weighted by molar-refractivity contribution is 5.67. The predicted molar refractivity (Wildman–Crippen MR) is 83.6 cm³/mol. The lowest BCUT2D eigenvalue weighted by Crippen LogP contribution is -2.33. The number of aryl methyl sites for hydroxylation is 1. The van der Waals surface area contributed by atoms with Gasteiger partial charge in [-0.3, -0.25) is 4.79 Å². The third-order valence-electron chi connectivity index (χ3n) is 5.57. The molecule has 7 atom stereocenters.